The molecule has 0 bridgehead atoms. The normalized spacial score (nSPS) is 19.1. The van der Waals surface area contributed by atoms with E-state index in [1.54, 1.807) is 36.5 Å². The van der Waals surface area contributed by atoms with Crippen LogP contribution in [0.3, 0.4) is 0 Å². The summed E-state index contributed by atoms with van der Waals surface area (Å²) in [5.74, 6) is 0.209. The molecule has 4 rings (SSSR count). The van der Waals surface area contributed by atoms with Crippen molar-refractivity contribution in [1.29, 1.82) is 0 Å². The van der Waals surface area contributed by atoms with E-state index in [1.807, 2.05) is 36.2 Å². The lowest BCUT2D eigenvalue weighted by molar-refractivity contribution is 0.0697. The first-order valence-corrected chi connectivity index (χ1v) is 8.84. The Kier molecular flexibility index (Phi) is 4.37. The van der Waals surface area contributed by atoms with Crippen LogP contribution in [0.1, 0.15) is 33.9 Å². The van der Waals surface area contributed by atoms with Gasteiger partial charge in [-0.2, -0.15) is 0 Å². The summed E-state index contributed by atoms with van der Waals surface area (Å²) in [7, 11) is 1.90. The molecule has 6 nitrogen and oxygen atoms in total. The number of furan rings is 1. The maximum atomic E-state index is 11.5. The molecule has 2 N–H and O–H groups in total. The van der Waals surface area contributed by atoms with E-state index in [9.17, 15) is 9.90 Å². The molecule has 0 spiro atoms. The van der Waals surface area contributed by atoms with Crippen LogP contribution >= 0.6 is 12.2 Å². The Balaban J connectivity index is 1.74. The van der Waals surface area contributed by atoms with Crippen LogP contribution in [0.25, 0.3) is 11.3 Å². The molecule has 1 fully saturated rings. The molecular formula is C20H17N3O3S. The van der Waals surface area contributed by atoms with Gasteiger partial charge in [-0.05, 0) is 42.5 Å². The van der Waals surface area contributed by atoms with Gasteiger partial charge in [-0.25, -0.2) is 4.79 Å². The number of carboxylic acids is 1. The van der Waals surface area contributed by atoms with Gasteiger partial charge in [-0.1, -0.05) is 24.3 Å². The number of hydrogen-bond acceptors (Lipinski definition) is 4. The highest BCUT2D eigenvalue weighted by Gasteiger charge is 2.39. The number of aromatic nitrogens is 1. The number of aromatic carboxylic acids is 1. The molecule has 1 aromatic carbocycles. The molecule has 3 aromatic rings. The summed E-state index contributed by atoms with van der Waals surface area (Å²) in [4.78, 5) is 17.9. The molecule has 1 aliphatic heterocycles. The van der Waals surface area contributed by atoms with Crippen LogP contribution in [-0.2, 0) is 0 Å². The first-order chi connectivity index (χ1) is 13.1. The number of nitrogens with zero attached hydrogens (tertiary/aromatic N) is 2. The van der Waals surface area contributed by atoms with Gasteiger partial charge in [0.2, 0.25) is 0 Å². The predicted octanol–water partition coefficient (Wildman–Crippen LogP) is 3.64. The lowest BCUT2D eigenvalue weighted by atomic mass is 10.0. The van der Waals surface area contributed by atoms with Crippen LogP contribution in [0.5, 0.6) is 0 Å². The molecule has 7 heteroatoms. The highest BCUT2D eigenvalue weighted by atomic mass is 32.1. The number of pyridine rings is 1. The lowest BCUT2D eigenvalue weighted by Crippen LogP contribution is -2.24. The van der Waals surface area contributed by atoms with Crippen molar-refractivity contribution in [3.63, 3.8) is 0 Å². The van der Waals surface area contributed by atoms with Crippen molar-refractivity contribution in [3.05, 3.63) is 77.8 Å². The number of thiocarbonyl (C=S) groups is 1. The summed E-state index contributed by atoms with van der Waals surface area (Å²) < 4.78 is 6.08. The van der Waals surface area contributed by atoms with Crippen molar-refractivity contribution in [2.45, 2.75) is 12.1 Å². The fourth-order valence-corrected chi connectivity index (χ4v) is 3.60. The Morgan fingerprint density at radius 3 is 2.70 bits per heavy atom. The monoisotopic (exact) mass is 379 g/mol. The van der Waals surface area contributed by atoms with Gasteiger partial charge in [0, 0.05) is 18.8 Å². The van der Waals surface area contributed by atoms with Crippen LogP contribution in [-0.4, -0.2) is 33.1 Å². The average molecular weight is 379 g/mol. The van der Waals surface area contributed by atoms with Crippen LogP contribution in [0.2, 0.25) is 0 Å². The topological polar surface area (TPSA) is 78.6 Å². The van der Waals surface area contributed by atoms with Crippen LogP contribution in [0, 0.1) is 0 Å². The molecule has 0 aliphatic carbocycles. The fourth-order valence-electron chi connectivity index (χ4n) is 3.36. The zero-order chi connectivity index (χ0) is 19.0. The van der Waals surface area contributed by atoms with Crippen molar-refractivity contribution in [2.75, 3.05) is 7.05 Å². The minimum Gasteiger partial charge on any atom is -0.478 e. The van der Waals surface area contributed by atoms with E-state index >= 15 is 0 Å². The largest absolute Gasteiger partial charge is 0.478 e. The Hall–Kier alpha value is -3.19. The SMILES string of the molecule is CN1C(=S)N[C@@H](c2ccccn2)[C@H]1c1ccc(-c2ccccc2C(=O)O)o1. The number of carboxylic acid groups (broad SMARTS) is 1. The zero-order valence-corrected chi connectivity index (χ0v) is 15.3. The van der Waals surface area contributed by atoms with Crippen molar-refractivity contribution in [3.8, 4) is 11.3 Å². The highest BCUT2D eigenvalue weighted by molar-refractivity contribution is 7.80. The van der Waals surface area contributed by atoms with E-state index < -0.39 is 5.97 Å². The summed E-state index contributed by atoms with van der Waals surface area (Å²) in [5, 5.41) is 13.3. The second-order valence-corrected chi connectivity index (χ2v) is 6.68. The summed E-state index contributed by atoms with van der Waals surface area (Å²) in [6.45, 7) is 0. The summed E-state index contributed by atoms with van der Waals surface area (Å²) in [6, 6.07) is 15.8. The van der Waals surface area contributed by atoms with E-state index in [4.69, 9.17) is 16.6 Å². The smallest absolute Gasteiger partial charge is 0.336 e. The summed E-state index contributed by atoms with van der Waals surface area (Å²) >= 11 is 5.42. The predicted molar refractivity (Wildman–Crippen MR) is 104 cm³/mol. The fraction of sp³-hybridized carbons (Fsp3) is 0.150. The first kappa shape index (κ1) is 17.2. The second-order valence-electron chi connectivity index (χ2n) is 6.29. The Bertz CT molecular complexity index is 1000. The molecule has 0 radical (unpaired) electrons. The summed E-state index contributed by atoms with van der Waals surface area (Å²) in [6.07, 6.45) is 1.74. The van der Waals surface area contributed by atoms with E-state index in [0.29, 0.717) is 22.2 Å². The van der Waals surface area contributed by atoms with Crippen molar-refractivity contribution in [2.24, 2.45) is 0 Å². The minimum absolute atomic E-state index is 0.155. The number of nitrogens with one attached hydrogen (secondary N) is 1. The van der Waals surface area contributed by atoms with Crippen LogP contribution in [0.15, 0.2) is 65.2 Å². The highest BCUT2D eigenvalue weighted by Crippen LogP contribution is 2.39. The standard InChI is InChI=1S/C20H17N3O3S/c1-23-18(17(22-20(23)27)14-8-4-5-11-21-14)16-10-9-15(26-16)12-6-2-3-7-13(12)19(24)25/h2-11,17-18H,1H3,(H,22,27)(H,24,25)/t17-,18+/m0/s1. The van der Waals surface area contributed by atoms with E-state index in [0.717, 1.165) is 5.69 Å². The maximum Gasteiger partial charge on any atom is 0.336 e. The number of rotatable bonds is 4. The third-order valence-electron chi connectivity index (χ3n) is 4.68. The number of hydrogen-bond donors (Lipinski definition) is 2. The van der Waals surface area contributed by atoms with Gasteiger partial charge in [0.15, 0.2) is 5.11 Å². The molecule has 1 saturated heterocycles. The number of likely N-dealkylation sites (N-methyl/N-ethyl adjacent to an activating group) is 1. The molecule has 2 aromatic heterocycles. The molecule has 27 heavy (non-hydrogen) atoms. The van der Waals surface area contributed by atoms with Crippen LogP contribution in [0.4, 0.5) is 0 Å². The van der Waals surface area contributed by atoms with Crippen molar-refractivity contribution in [1.82, 2.24) is 15.2 Å². The van der Waals surface area contributed by atoms with Gasteiger partial charge in [0.25, 0.3) is 0 Å². The molecule has 136 valence electrons. The summed E-state index contributed by atoms with van der Waals surface area (Å²) in [5.41, 5.74) is 1.60. The van der Waals surface area contributed by atoms with Gasteiger partial charge in [0.1, 0.15) is 17.6 Å². The molecule has 0 unspecified atom stereocenters. The molecule has 0 amide bonds. The molecule has 3 heterocycles. The first-order valence-electron chi connectivity index (χ1n) is 8.43. The van der Waals surface area contributed by atoms with Gasteiger partial charge < -0.3 is 19.7 Å². The van der Waals surface area contributed by atoms with Gasteiger partial charge >= 0.3 is 5.97 Å². The van der Waals surface area contributed by atoms with Crippen LogP contribution < -0.4 is 5.32 Å². The average Bonchev–Trinajstić information content (AvgIpc) is 3.27. The lowest BCUT2D eigenvalue weighted by Gasteiger charge is -2.21. The number of benzene rings is 1. The third kappa shape index (κ3) is 3.06. The van der Waals surface area contributed by atoms with Crippen molar-refractivity contribution >= 4 is 23.3 Å². The minimum atomic E-state index is -0.990. The molecular weight excluding hydrogens is 362 g/mol. The van der Waals surface area contributed by atoms with Gasteiger partial charge in [0.05, 0.1) is 17.3 Å². The van der Waals surface area contributed by atoms with Gasteiger partial charge in [-0.3, -0.25) is 4.98 Å². The molecule has 1 aliphatic rings. The Morgan fingerprint density at radius 1 is 1.19 bits per heavy atom. The van der Waals surface area contributed by atoms with E-state index in [1.165, 1.54) is 0 Å². The quantitative estimate of drug-likeness (QED) is 0.670. The zero-order valence-electron chi connectivity index (χ0n) is 14.5. The van der Waals surface area contributed by atoms with E-state index in [-0.39, 0.29) is 17.6 Å². The Labute approximate surface area is 161 Å². The number of carbonyl (C=O) groups is 1. The van der Waals surface area contributed by atoms with E-state index in [2.05, 4.69) is 10.3 Å². The maximum absolute atomic E-state index is 11.5. The molecule has 0 saturated carbocycles. The van der Waals surface area contributed by atoms with Gasteiger partial charge in [-0.15, -0.1) is 0 Å². The third-order valence-corrected chi connectivity index (χ3v) is 5.09. The molecule has 2 atom stereocenters. The Morgan fingerprint density at radius 2 is 1.96 bits per heavy atom. The van der Waals surface area contributed by atoms with Crippen molar-refractivity contribution < 1.29 is 14.3 Å². The second kappa shape index (κ2) is 6.85.